The molecule has 0 bridgehead atoms. The van der Waals surface area contributed by atoms with Crippen molar-refractivity contribution >= 4 is 50.7 Å². The lowest BCUT2D eigenvalue weighted by Gasteiger charge is -2.06. The van der Waals surface area contributed by atoms with Gasteiger partial charge in [0.05, 0.1) is 20.4 Å². The molecule has 0 atom stereocenters. The van der Waals surface area contributed by atoms with Gasteiger partial charge >= 0.3 is 0 Å². The molecule has 3 aromatic rings. The van der Waals surface area contributed by atoms with E-state index in [-0.39, 0.29) is 0 Å². The van der Waals surface area contributed by atoms with Crippen LogP contribution in [0.25, 0.3) is 21.5 Å². The van der Waals surface area contributed by atoms with Gasteiger partial charge in [0.15, 0.2) is 0 Å². The smallest absolute Gasteiger partial charge is 0.253 e. The van der Waals surface area contributed by atoms with Crippen molar-refractivity contribution in [2.75, 3.05) is 0 Å². The van der Waals surface area contributed by atoms with Gasteiger partial charge in [-0.15, -0.1) is 11.3 Å². The number of halogens is 2. The van der Waals surface area contributed by atoms with Gasteiger partial charge in [0.2, 0.25) is 0 Å². The maximum absolute atomic E-state index is 11.7. The van der Waals surface area contributed by atoms with Gasteiger partial charge in [-0.1, -0.05) is 23.2 Å². The summed E-state index contributed by atoms with van der Waals surface area (Å²) in [6.07, 6.45) is 0. The van der Waals surface area contributed by atoms with Crippen LogP contribution in [0.1, 0.15) is 15.9 Å². The Labute approximate surface area is 130 Å². The zero-order valence-electron chi connectivity index (χ0n) is 10.5. The Kier molecular flexibility index (Phi) is 3.50. The lowest BCUT2D eigenvalue weighted by molar-refractivity contribution is 0.108. The van der Waals surface area contributed by atoms with Gasteiger partial charge in [0, 0.05) is 10.9 Å². The van der Waals surface area contributed by atoms with Crippen molar-refractivity contribution in [3.63, 3.8) is 0 Å². The van der Waals surface area contributed by atoms with Crippen molar-refractivity contribution in [3.05, 3.63) is 51.9 Å². The highest BCUT2D eigenvalue weighted by Gasteiger charge is 2.13. The van der Waals surface area contributed by atoms with Gasteiger partial charge in [-0.05, 0) is 48.9 Å². The number of rotatable bonds is 2. The molecule has 5 heteroatoms. The Bertz CT molecular complexity index is 826. The highest BCUT2D eigenvalue weighted by atomic mass is 35.5. The Hall–Kier alpha value is -1.42. The summed E-state index contributed by atoms with van der Waals surface area (Å²) < 4.78 is 0.685. The molecule has 2 heterocycles. The first-order valence-electron chi connectivity index (χ1n) is 5.91. The van der Waals surface area contributed by atoms with Gasteiger partial charge in [-0.2, -0.15) is 0 Å². The summed E-state index contributed by atoms with van der Waals surface area (Å²) in [6, 6.07) is 11.2. The van der Waals surface area contributed by atoms with E-state index in [1.165, 1.54) is 11.3 Å². The van der Waals surface area contributed by atoms with Crippen LogP contribution in [0.3, 0.4) is 0 Å². The molecule has 0 spiro atoms. The van der Waals surface area contributed by atoms with E-state index in [1.807, 2.05) is 37.3 Å². The SMILES string of the molecule is Cc1ccc2nc(-c3ccc(Cl)s3)cc(C(=O)Cl)c2c1. The highest BCUT2D eigenvalue weighted by Crippen LogP contribution is 2.32. The number of thiophene rings is 1. The summed E-state index contributed by atoms with van der Waals surface area (Å²) in [5.74, 6) is 0. The number of hydrogen-bond acceptors (Lipinski definition) is 3. The van der Waals surface area contributed by atoms with E-state index in [1.54, 1.807) is 6.07 Å². The van der Waals surface area contributed by atoms with Crippen LogP contribution in [0.2, 0.25) is 4.34 Å². The molecule has 1 aromatic carbocycles. The normalized spacial score (nSPS) is 10.9. The van der Waals surface area contributed by atoms with Crippen molar-refractivity contribution in [2.45, 2.75) is 6.92 Å². The number of fused-ring (bicyclic) bond motifs is 1. The zero-order chi connectivity index (χ0) is 14.3. The molecule has 0 aliphatic heterocycles. The number of carbonyl (C=O) groups excluding carboxylic acids is 1. The Morgan fingerprint density at radius 3 is 2.65 bits per heavy atom. The third-order valence-corrected chi connectivity index (χ3v) is 4.46. The van der Waals surface area contributed by atoms with E-state index >= 15 is 0 Å². The Balaban J connectivity index is 2.31. The lowest BCUT2D eigenvalue weighted by atomic mass is 10.1. The first-order valence-corrected chi connectivity index (χ1v) is 7.49. The molecule has 0 aliphatic rings. The van der Waals surface area contributed by atoms with Crippen LogP contribution in [-0.4, -0.2) is 10.2 Å². The number of hydrogen-bond donors (Lipinski definition) is 0. The van der Waals surface area contributed by atoms with Crippen LogP contribution in [0.4, 0.5) is 0 Å². The number of carbonyl (C=O) groups is 1. The van der Waals surface area contributed by atoms with Crippen molar-refractivity contribution in [1.29, 1.82) is 0 Å². The molecule has 0 N–H and O–H groups in total. The van der Waals surface area contributed by atoms with Crippen LogP contribution in [0.15, 0.2) is 36.4 Å². The van der Waals surface area contributed by atoms with Crippen molar-refractivity contribution in [1.82, 2.24) is 4.98 Å². The number of aryl methyl sites for hydroxylation is 1. The molecule has 0 saturated carbocycles. The minimum atomic E-state index is -0.480. The minimum absolute atomic E-state index is 0.472. The number of nitrogens with zero attached hydrogens (tertiary/aromatic N) is 1. The molecule has 20 heavy (non-hydrogen) atoms. The van der Waals surface area contributed by atoms with E-state index in [9.17, 15) is 4.79 Å². The average molecular weight is 322 g/mol. The molecule has 0 radical (unpaired) electrons. The average Bonchev–Trinajstić information content (AvgIpc) is 2.84. The summed E-state index contributed by atoms with van der Waals surface area (Å²) in [5, 5.41) is 0.295. The number of pyridine rings is 1. The predicted octanol–water partition coefficient (Wildman–Crippen LogP) is 5.30. The summed E-state index contributed by atoms with van der Waals surface area (Å²) in [7, 11) is 0. The fraction of sp³-hybridized carbons (Fsp3) is 0.0667. The first-order chi connectivity index (χ1) is 9.54. The number of benzene rings is 1. The van der Waals surface area contributed by atoms with Gasteiger partial charge in [-0.3, -0.25) is 4.79 Å². The monoisotopic (exact) mass is 321 g/mol. The summed E-state index contributed by atoms with van der Waals surface area (Å²) in [6.45, 7) is 1.97. The summed E-state index contributed by atoms with van der Waals surface area (Å²) in [4.78, 5) is 17.2. The van der Waals surface area contributed by atoms with E-state index in [4.69, 9.17) is 23.2 Å². The Morgan fingerprint density at radius 1 is 1.20 bits per heavy atom. The fourth-order valence-electron chi connectivity index (χ4n) is 2.08. The molecule has 0 unspecified atom stereocenters. The van der Waals surface area contributed by atoms with E-state index in [2.05, 4.69) is 4.98 Å². The summed E-state index contributed by atoms with van der Waals surface area (Å²) in [5.41, 5.74) is 2.99. The van der Waals surface area contributed by atoms with E-state index < -0.39 is 5.24 Å². The maximum atomic E-state index is 11.7. The van der Waals surface area contributed by atoms with Crippen molar-refractivity contribution in [2.24, 2.45) is 0 Å². The van der Waals surface area contributed by atoms with E-state index in [0.717, 1.165) is 21.3 Å². The molecule has 0 amide bonds. The Morgan fingerprint density at radius 2 is 2.00 bits per heavy atom. The molecular formula is C15H9Cl2NOS. The topological polar surface area (TPSA) is 30.0 Å². The van der Waals surface area contributed by atoms with Crippen LogP contribution in [0, 0.1) is 6.92 Å². The highest BCUT2D eigenvalue weighted by molar-refractivity contribution is 7.19. The third kappa shape index (κ3) is 2.44. The van der Waals surface area contributed by atoms with Crippen molar-refractivity contribution in [3.8, 4) is 10.6 Å². The lowest BCUT2D eigenvalue weighted by Crippen LogP contribution is -1.95. The van der Waals surface area contributed by atoms with Gasteiger partial charge in [0.25, 0.3) is 5.24 Å². The zero-order valence-corrected chi connectivity index (χ0v) is 12.8. The van der Waals surface area contributed by atoms with E-state index in [0.29, 0.717) is 15.6 Å². The maximum Gasteiger partial charge on any atom is 0.253 e. The number of aromatic nitrogens is 1. The second-order valence-corrected chi connectivity index (χ2v) is 6.51. The predicted molar refractivity (Wildman–Crippen MR) is 85.0 cm³/mol. The molecule has 2 aromatic heterocycles. The van der Waals surface area contributed by atoms with Gasteiger partial charge < -0.3 is 0 Å². The molecular weight excluding hydrogens is 313 g/mol. The molecule has 0 fully saturated rings. The van der Waals surface area contributed by atoms with Gasteiger partial charge in [-0.25, -0.2) is 4.98 Å². The molecule has 100 valence electrons. The second-order valence-electron chi connectivity index (χ2n) is 4.45. The fourth-order valence-corrected chi connectivity index (χ4v) is 3.24. The van der Waals surface area contributed by atoms with Gasteiger partial charge in [0.1, 0.15) is 0 Å². The van der Waals surface area contributed by atoms with Crippen LogP contribution < -0.4 is 0 Å². The summed E-state index contributed by atoms with van der Waals surface area (Å²) >= 11 is 13.1. The first kappa shape index (κ1) is 13.6. The molecule has 3 rings (SSSR count). The molecule has 2 nitrogen and oxygen atoms in total. The standard InChI is InChI=1S/C15H9Cl2NOS/c1-8-2-3-11-9(6-8)10(15(17)19)7-12(18-11)13-4-5-14(16)20-13/h2-7H,1H3. The third-order valence-electron chi connectivity index (χ3n) is 3.00. The minimum Gasteiger partial charge on any atom is -0.276 e. The van der Waals surface area contributed by atoms with Crippen LogP contribution >= 0.6 is 34.5 Å². The molecule has 0 saturated heterocycles. The van der Waals surface area contributed by atoms with Crippen molar-refractivity contribution < 1.29 is 4.79 Å². The van der Waals surface area contributed by atoms with Crippen LogP contribution in [-0.2, 0) is 0 Å². The quantitative estimate of drug-likeness (QED) is 0.599. The largest absolute Gasteiger partial charge is 0.276 e. The molecule has 0 aliphatic carbocycles. The van der Waals surface area contributed by atoms with Crippen LogP contribution in [0.5, 0.6) is 0 Å². The second kappa shape index (κ2) is 5.17.